The van der Waals surface area contributed by atoms with Crippen LogP contribution in [0.2, 0.25) is 0 Å². The van der Waals surface area contributed by atoms with Gasteiger partial charge in [-0.15, -0.1) is 0 Å². The molecule has 92 valence electrons. The van der Waals surface area contributed by atoms with Crippen molar-refractivity contribution in [3.8, 4) is 0 Å². The molecule has 1 aliphatic heterocycles. The van der Waals surface area contributed by atoms with Gasteiger partial charge in [0, 0.05) is 19.9 Å². The third-order valence-electron chi connectivity index (χ3n) is 3.04. The monoisotopic (exact) mass is 252 g/mol. The molecule has 5 nitrogen and oxygen atoms in total. The topological polar surface area (TPSA) is 64.3 Å². The zero-order chi connectivity index (χ0) is 12.4. The predicted molar refractivity (Wildman–Crippen MR) is 70.1 cm³/mol. The molecule has 0 amide bonds. The molecule has 1 aromatic rings. The lowest BCUT2D eigenvalue weighted by Crippen LogP contribution is -2.38. The Hall–Kier alpha value is -1.27. The molecule has 0 aliphatic carbocycles. The second-order valence-corrected chi connectivity index (χ2v) is 4.59. The fourth-order valence-electron chi connectivity index (χ4n) is 2.03. The van der Waals surface area contributed by atoms with E-state index < -0.39 is 0 Å². The van der Waals surface area contributed by atoms with Crippen LogP contribution in [0.5, 0.6) is 0 Å². The number of nitrogens with two attached hydrogens (primary N) is 1. The highest BCUT2D eigenvalue weighted by atomic mass is 32.1. The fourth-order valence-corrected chi connectivity index (χ4v) is 2.15. The number of anilines is 1. The SMILES string of the molecule is CC1OCCC1N(C)c1nccc(C(N)=S)n1. The zero-order valence-corrected chi connectivity index (χ0v) is 10.8. The summed E-state index contributed by atoms with van der Waals surface area (Å²) >= 11 is 4.91. The van der Waals surface area contributed by atoms with Crippen LogP contribution < -0.4 is 10.6 Å². The summed E-state index contributed by atoms with van der Waals surface area (Å²) in [5, 5.41) is 0. The van der Waals surface area contributed by atoms with Crippen molar-refractivity contribution in [2.75, 3.05) is 18.6 Å². The molecule has 0 spiro atoms. The summed E-state index contributed by atoms with van der Waals surface area (Å²) in [6.45, 7) is 2.84. The van der Waals surface area contributed by atoms with Crippen LogP contribution in [0.3, 0.4) is 0 Å². The molecule has 2 N–H and O–H groups in total. The van der Waals surface area contributed by atoms with E-state index >= 15 is 0 Å². The Bertz CT molecular complexity index is 426. The normalized spacial score (nSPS) is 23.6. The molecular formula is C11H16N4OS. The summed E-state index contributed by atoms with van der Waals surface area (Å²) in [5.74, 6) is 0.637. The molecule has 0 saturated carbocycles. The molecule has 1 aliphatic rings. The van der Waals surface area contributed by atoms with Crippen LogP contribution in [0, 0.1) is 0 Å². The minimum absolute atomic E-state index is 0.192. The lowest BCUT2D eigenvalue weighted by atomic mass is 10.1. The molecule has 17 heavy (non-hydrogen) atoms. The smallest absolute Gasteiger partial charge is 0.226 e. The molecule has 0 bridgehead atoms. The Labute approximate surface area is 106 Å². The third-order valence-corrected chi connectivity index (χ3v) is 3.25. The minimum Gasteiger partial charge on any atom is -0.388 e. The zero-order valence-electron chi connectivity index (χ0n) is 9.96. The number of hydrogen-bond donors (Lipinski definition) is 1. The molecule has 2 atom stereocenters. The standard InChI is InChI=1S/C11H16N4OS/c1-7-9(4-6-16-7)15(2)11-13-5-3-8(14-11)10(12)17/h3,5,7,9H,4,6H2,1-2H3,(H2,12,17). The summed E-state index contributed by atoms with van der Waals surface area (Å²) in [7, 11) is 1.97. The van der Waals surface area contributed by atoms with Gasteiger partial charge < -0.3 is 15.4 Å². The van der Waals surface area contributed by atoms with E-state index in [4.69, 9.17) is 22.7 Å². The Balaban J connectivity index is 2.21. The summed E-state index contributed by atoms with van der Waals surface area (Å²) in [4.78, 5) is 10.9. The Kier molecular flexibility index (Phi) is 3.54. The molecule has 0 radical (unpaired) electrons. The number of thiocarbonyl (C=S) groups is 1. The van der Waals surface area contributed by atoms with E-state index in [2.05, 4.69) is 16.9 Å². The van der Waals surface area contributed by atoms with Gasteiger partial charge in [0.05, 0.1) is 12.1 Å². The molecule has 1 saturated heterocycles. The highest BCUT2D eigenvalue weighted by Crippen LogP contribution is 2.21. The Morgan fingerprint density at radius 1 is 1.65 bits per heavy atom. The molecule has 0 aromatic carbocycles. The van der Waals surface area contributed by atoms with Crippen molar-refractivity contribution >= 4 is 23.2 Å². The van der Waals surface area contributed by atoms with Crippen LogP contribution in [0.1, 0.15) is 19.0 Å². The number of hydrogen-bond acceptors (Lipinski definition) is 5. The van der Waals surface area contributed by atoms with Gasteiger partial charge in [0.1, 0.15) is 10.7 Å². The van der Waals surface area contributed by atoms with Crippen molar-refractivity contribution in [1.82, 2.24) is 9.97 Å². The van der Waals surface area contributed by atoms with Crippen molar-refractivity contribution in [3.63, 3.8) is 0 Å². The van der Waals surface area contributed by atoms with Gasteiger partial charge in [-0.1, -0.05) is 12.2 Å². The van der Waals surface area contributed by atoms with E-state index in [0.29, 0.717) is 17.7 Å². The second-order valence-electron chi connectivity index (χ2n) is 4.15. The van der Waals surface area contributed by atoms with Crippen LogP contribution in [-0.4, -0.2) is 40.8 Å². The van der Waals surface area contributed by atoms with Crippen LogP contribution in [0.4, 0.5) is 5.95 Å². The molecule has 1 fully saturated rings. The molecule has 6 heteroatoms. The summed E-state index contributed by atoms with van der Waals surface area (Å²) in [5.41, 5.74) is 6.16. The van der Waals surface area contributed by atoms with E-state index in [1.54, 1.807) is 12.3 Å². The van der Waals surface area contributed by atoms with Crippen LogP contribution >= 0.6 is 12.2 Å². The van der Waals surface area contributed by atoms with Crippen LogP contribution in [0.15, 0.2) is 12.3 Å². The van der Waals surface area contributed by atoms with Gasteiger partial charge in [0.15, 0.2) is 0 Å². The largest absolute Gasteiger partial charge is 0.388 e. The van der Waals surface area contributed by atoms with E-state index in [-0.39, 0.29) is 11.1 Å². The van der Waals surface area contributed by atoms with Crippen molar-refractivity contribution in [3.05, 3.63) is 18.0 Å². The van der Waals surface area contributed by atoms with Gasteiger partial charge in [-0.2, -0.15) is 0 Å². The van der Waals surface area contributed by atoms with Gasteiger partial charge in [-0.25, -0.2) is 9.97 Å². The summed E-state index contributed by atoms with van der Waals surface area (Å²) in [6, 6.07) is 2.02. The number of likely N-dealkylation sites (N-methyl/N-ethyl adjacent to an activating group) is 1. The van der Waals surface area contributed by atoms with Crippen molar-refractivity contribution in [2.24, 2.45) is 5.73 Å². The first-order valence-electron chi connectivity index (χ1n) is 5.57. The lowest BCUT2D eigenvalue weighted by Gasteiger charge is -2.26. The third kappa shape index (κ3) is 2.53. The van der Waals surface area contributed by atoms with Crippen molar-refractivity contribution in [1.29, 1.82) is 0 Å². The maximum Gasteiger partial charge on any atom is 0.226 e. The quantitative estimate of drug-likeness (QED) is 0.800. The van der Waals surface area contributed by atoms with Gasteiger partial charge in [0.2, 0.25) is 5.95 Å². The van der Waals surface area contributed by atoms with Crippen molar-refractivity contribution < 1.29 is 4.74 Å². The highest BCUT2D eigenvalue weighted by Gasteiger charge is 2.29. The number of ether oxygens (including phenoxy) is 1. The van der Waals surface area contributed by atoms with E-state index in [1.165, 1.54) is 0 Å². The first-order valence-corrected chi connectivity index (χ1v) is 5.97. The molecule has 2 unspecified atom stereocenters. The fraction of sp³-hybridized carbons (Fsp3) is 0.545. The number of aromatic nitrogens is 2. The minimum atomic E-state index is 0.192. The van der Waals surface area contributed by atoms with E-state index in [1.807, 2.05) is 11.9 Å². The second kappa shape index (κ2) is 4.93. The molecule has 2 heterocycles. The number of rotatable bonds is 3. The Morgan fingerprint density at radius 3 is 3.00 bits per heavy atom. The van der Waals surface area contributed by atoms with Gasteiger partial charge in [-0.3, -0.25) is 0 Å². The first kappa shape index (κ1) is 12.2. The highest BCUT2D eigenvalue weighted by molar-refractivity contribution is 7.80. The maximum atomic E-state index is 5.56. The van der Waals surface area contributed by atoms with Crippen LogP contribution in [0.25, 0.3) is 0 Å². The molecule has 1 aromatic heterocycles. The molecule has 2 rings (SSSR count). The summed E-state index contributed by atoms with van der Waals surface area (Å²) in [6.07, 6.45) is 2.85. The summed E-state index contributed by atoms with van der Waals surface area (Å²) < 4.78 is 5.54. The van der Waals surface area contributed by atoms with E-state index in [9.17, 15) is 0 Å². The van der Waals surface area contributed by atoms with Gasteiger partial charge in [-0.05, 0) is 19.4 Å². The molecular weight excluding hydrogens is 236 g/mol. The lowest BCUT2D eigenvalue weighted by molar-refractivity contribution is 0.118. The predicted octanol–water partition coefficient (Wildman–Crippen LogP) is 0.724. The van der Waals surface area contributed by atoms with Crippen LogP contribution in [-0.2, 0) is 4.74 Å². The average Bonchev–Trinajstić information content (AvgIpc) is 2.74. The Morgan fingerprint density at radius 2 is 2.41 bits per heavy atom. The number of nitrogens with zero attached hydrogens (tertiary/aromatic N) is 3. The van der Waals surface area contributed by atoms with Crippen molar-refractivity contribution in [2.45, 2.75) is 25.5 Å². The first-order chi connectivity index (χ1) is 8.09. The maximum absolute atomic E-state index is 5.56. The van der Waals surface area contributed by atoms with Gasteiger partial charge in [0.25, 0.3) is 0 Å². The average molecular weight is 252 g/mol. The van der Waals surface area contributed by atoms with E-state index in [0.717, 1.165) is 13.0 Å². The van der Waals surface area contributed by atoms with Gasteiger partial charge >= 0.3 is 0 Å².